The van der Waals surface area contributed by atoms with Crippen LogP contribution in [0.1, 0.15) is 93.6 Å². The Bertz CT molecular complexity index is 1080. The van der Waals surface area contributed by atoms with E-state index in [4.69, 9.17) is 0 Å². The molecule has 1 heterocycles. The van der Waals surface area contributed by atoms with Gasteiger partial charge in [0.15, 0.2) is 0 Å². The van der Waals surface area contributed by atoms with Gasteiger partial charge in [-0.3, -0.25) is 9.78 Å². The minimum atomic E-state index is 0.114. The zero-order valence-electron chi connectivity index (χ0n) is 25.1. The van der Waals surface area contributed by atoms with Gasteiger partial charge in [0.1, 0.15) is 0 Å². The number of benzene rings is 2. The molecule has 2 aromatic carbocycles. The smallest absolute Gasteiger partial charge is 0.254 e. The molecule has 0 aliphatic rings. The molecule has 0 atom stereocenters. The Morgan fingerprint density at radius 3 is 1.93 bits per heavy atom. The van der Waals surface area contributed by atoms with Gasteiger partial charge in [-0.1, -0.05) is 77.1 Å². The number of carbonyl (C=O) groups excluding carboxylic acids is 1. The number of aromatic nitrogens is 1. The van der Waals surface area contributed by atoms with Crippen LogP contribution >= 0.6 is 0 Å². The normalized spacial score (nSPS) is 11.1. The second kappa shape index (κ2) is 18.2. The quantitative estimate of drug-likeness (QED) is 0.154. The van der Waals surface area contributed by atoms with Gasteiger partial charge in [-0.2, -0.15) is 0 Å². The molecule has 1 N–H and O–H groups in total. The predicted octanol–water partition coefficient (Wildman–Crippen LogP) is 8.49. The highest BCUT2D eigenvalue weighted by atomic mass is 16.2. The molecule has 0 aliphatic carbocycles. The minimum absolute atomic E-state index is 0.114. The third kappa shape index (κ3) is 11.1. The highest BCUT2D eigenvalue weighted by Crippen LogP contribution is 2.19. The third-order valence-electron chi connectivity index (χ3n) is 7.45. The zero-order chi connectivity index (χ0) is 28.4. The molecule has 0 spiro atoms. The van der Waals surface area contributed by atoms with Crippen LogP contribution in [0.2, 0.25) is 0 Å². The number of aryl methyl sites for hydroxylation is 1. The molecule has 0 bridgehead atoms. The fraction of sp³-hybridized carbons (Fsp3) is 0.486. The number of carbonyl (C=O) groups is 1. The van der Waals surface area contributed by atoms with Gasteiger partial charge in [0, 0.05) is 49.0 Å². The zero-order valence-corrected chi connectivity index (χ0v) is 25.1. The van der Waals surface area contributed by atoms with Gasteiger partial charge in [0.2, 0.25) is 0 Å². The van der Waals surface area contributed by atoms with Crippen molar-refractivity contribution in [3.63, 3.8) is 0 Å². The molecule has 1 aromatic heterocycles. The Labute approximate surface area is 243 Å². The minimum Gasteiger partial charge on any atom is -0.355 e. The predicted molar refractivity (Wildman–Crippen MR) is 169 cm³/mol. The van der Waals surface area contributed by atoms with Crippen molar-refractivity contribution in [2.75, 3.05) is 31.5 Å². The van der Waals surface area contributed by atoms with Crippen molar-refractivity contribution < 1.29 is 4.79 Å². The van der Waals surface area contributed by atoms with Gasteiger partial charge in [0.05, 0.1) is 0 Å². The number of rotatable bonds is 19. The van der Waals surface area contributed by atoms with Gasteiger partial charge in [-0.25, -0.2) is 0 Å². The number of anilines is 2. The van der Waals surface area contributed by atoms with E-state index in [1.54, 1.807) is 12.4 Å². The summed E-state index contributed by atoms with van der Waals surface area (Å²) in [4.78, 5) is 22.5. The van der Waals surface area contributed by atoms with E-state index < -0.39 is 0 Å². The molecule has 0 unspecified atom stereocenters. The number of nitrogens with one attached hydrogen (secondary N) is 1. The van der Waals surface area contributed by atoms with E-state index in [0.717, 1.165) is 55.1 Å². The number of nitrogens with zero attached hydrogens (tertiary/aromatic N) is 3. The van der Waals surface area contributed by atoms with E-state index in [9.17, 15) is 4.79 Å². The van der Waals surface area contributed by atoms with Gasteiger partial charge in [-0.15, -0.1) is 0 Å². The molecule has 3 rings (SSSR count). The fourth-order valence-electron chi connectivity index (χ4n) is 4.91. The van der Waals surface area contributed by atoms with Crippen LogP contribution in [-0.4, -0.2) is 46.9 Å². The van der Waals surface area contributed by atoms with Crippen molar-refractivity contribution in [3.05, 3.63) is 89.7 Å². The summed E-state index contributed by atoms with van der Waals surface area (Å²) in [6.45, 7) is 11.2. The van der Waals surface area contributed by atoms with E-state index in [0.29, 0.717) is 6.54 Å². The molecule has 5 heteroatoms. The van der Waals surface area contributed by atoms with Crippen LogP contribution in [0.4, 0.5) is 11.4 Å². The first-order valence-corrected chi connectivity index (χ1v) is 15.5. The lowest BCUT2D eigenvalue weighted by Crippen LogP contribution is -2.39. The molecule has 0 saturated heterocycles. The summed E-state index contributed by atoms with van der Waals surface area (Å²) in [5.74, 6) is 0.114. The topological polar surface area (TPSA) is 48.5 Å². The highest BCUT2D eigenvalue weighted by Gasteiger charge is 2.18. The van der Waals surface area contributed by atoms with Crippen molar-refractivity contribution in [2.45, 2.75) is 85.1 Å². The lowest BCUT2D eigenvalue weighted by Gasteiger charge is -2.28. The van der Waals surface area contributed by atoms with Crippen LogP contribution in [0.15, 0.2) is 73.1 Å². The summed E-state index contributed by atoms with van der Waals surface area (Å²) < 4.78 is 0. The van der Waals surface area contributed by atoms with Crippen molar-refractivity contribution in [2.24, 2.45) is 0 Å². The monoisotopic (exact) mass is 542 g/mol. The summed E-state index contributed by atoms with van der Waals surface area (Å²) in [5.41, 5.74) is 5.26. The first kappa shape index (κ1) is 31.3. The Kier molecular flexibility index (Phi) is 14.3. The van der Waals surface area contributed by atoms with Gasteiger partial charge < -0.3 is 15.1 Å². The van der Waals surface area contributed by atoms with Crippen LogP contribution in [0.25, 0.3) is 0 Å². The van der Waals surface area contributed by atoms with E-state index in [1.165, 1.54) is 56.9 Å². The number of pyridine rings is 1. The molecule has 0 saturated carbocycles. The Hall–Kier alpha value is -3.18. The largest absolute Gasteiger partial charge is 0.355 e. The molecule has 0 fully saturated rings. The van der Waals surface area contributed by atoms with Gasteiger partial charge in [0.25, 0.3) is 5.91 Å². The van der Waals surface area contributed by atoms with Crippen molar-refractivity contribution in [3.8, 4) is 0 Å². The van der Waals surface area contributed by atoms with Crippen LogP contribution in [0.5, 0.6) is 0 Å². The average Bonchev–Trinajstić information content (AvgIpc) is 2.99. The second-order valence-corrected chi connectivity index (χ2v) is 10.8. The molecule has 0 radical (unpaired) electrons. The first-order chi connectivity index (χ1) is 19.6. The average molecular weight is 543 g/mol. The second-order valence-electron chi connectivity index (χ2n) is 10.8. The van der Waals surface area contributed by atoms with Crippen LogP contribution in [0, 0.1) is 0 Å². The fourth-order valence-corrected chi connectivity index (χ4v) is 4.91. The van der Waals surface area contributed by atoms with Crippen molar-refractivity contribution >= 4 is 17.3 Å². The standard InChI is InChI=1S/C35H50N4O/c1-4-7-10-12-30-13-17-32(18-14-30)35(40)39(28-27-38(25-9-6-3)26-11-8-5-2)29-31-15-19-33(20-16-31)37-34-21-23-36-24-22-34/h13-24H,4-12,25-29H2,1-3H3,(H,36,37). The van der Waals surface area contributed by atoms with Crippen LogP contribution < -0.4 is 5.32 Å². The molecule has 5 nitrogen and oxygen atoms in total. The van der Waals surface area contributed by atoms with E-state index >= 15 is 0 Å². The molecule has 3 aromatic rings. The summed E-state index contributed by atoms with van der Waals surface area (Å²) in [7, 11) is 0. The summed E-state index contributed by atoms with van der Waals surface area (Å²) >= 11 is 0. The Morgan fingerprint density at radius 1 is 0.650 bits per heavy atom. The molecule has 1 amide bonds. The number of hydrogen-bond acceptors (Lipinski definition) is 4. The summed E-state index contributed by atoms with van der Waals surface area (Å²) in [6, 6.07) is 20.6. The first-order valence-electron chi connectivity index (χ1n) is 15.5. The van der Waals surface area contributed by atoms with E-state index in [2.05, 4.69) is 72.4 Å². The molecular formula is C35H50N4O. The lowest BCUT2D eigenvalue weighted by molar-refractivity contribution is 0.0720. The Balaban J connectivity index is 1.71. The molecular weight excluding hydrogens is 492 g/mol. The maximum Gasteiger partial charge on any atom is 0.254 e. The number of amides is 1. The van der Waals surface area contributed by atoms with Crippen LogP contribution in [-0.2, 0) is 13.0 Å². The number of hydrogen-bond donors (Lipinski definition) is 1. The molecule has 216 valence electrons. The summed E-state index contributed by atoms with van der Waals surface area (Å²) in [5, 5.41) is 3.41. The third-order valence-corrected chi connectivity index (χ3v) is 7.45. The Morgan fingerprint density at radius 2 is 1.25 bits per heavy atom. The highest BCUT2D eigenvalue weighted by molar-refractivity contribution is 5.94. The molecule has 40 heavy (non-hydrogen) atoms. The van der Waals surface area contributed by atoms with Crippen molar-refractivity contribution in [1.82, 2.24) is 14.8 Å². The van der Waals surface area contributed by atoms with Gasteiger partial charge in [-0.05, 0) is 86.3 Å². The summed E-state index contributed by atoms with van der Waals surface area (Å²) in [6.07, 6.45) is 14.4. The SMILES string of the molecule is CCCCCc1ccc(C(=O)N(CCN(CCCC)CCCCC)Cc2ccc(Nc3ccncc3)cc2)cc1. The molecule has 0 aliphatic heterocycles. The van der Waals surface area contributed by atoms with Crippen molar-refractivity contribution in [1.29, 1.82) is 0 Å². The maximum atomic E-state index is 13.8. The van der Waals surface area contributed by atoms with E-state index in [1.807, 2.05) is 29.2 Å². The lowest BCUT2D eigenvalue weighted by atomic mass is 10.0. The van der Waals surface area contributed by atoms with Gasteiger partial charge >= 0.3 is 0 Å². The van der Waals surface area contributed by atoms with E-state index in [-0.39, 0.29) is 5.91 Å². The number of unbranched alkanes of at least 4 members (excludes halogenated alkanes) is 5. The maximum absolute atomic E-state index is 13.8. The van der Waals surface area contributed by atoms with Crippen LogP contribution in [0.3, 0.4) is 0 Å².